The molecule has 0 saturated carbocycles. The quantitative estimate of drug-likeness (QED) is 0.631. The predicted molar refractivity (Wildman–Crippen MR) is 109 cm³/mol. The molecule has 0 spiro atoms. The minimum Gasteiger partial charge on any atom is -0.497 e. The molecule has 2 aromatic heterocycles. The van der Waals surface area contributed by atoms with E-state index in [9.17, 15) is 8.42 Å². The zero-order chi connectivity index (χ0) is 19.7. The standard InChI is InChI=1S/C18H21N5O3S2/c1-26-15-8-5-13(6-9-15)7-10-16-21-23-17(19-20-18(23)27-16)14-4-3-11-22(12-14)28(2,24)25/h5-10,14H,3-4,11-12H2,1-2H3. The van der Waals surface area contributed by atoms with E-state index in [1.165, 1.54) is 21.9 Å². The second-order valence-electron chi connectivity index (χ2n) is 6.76. The molecule has 0 amide bonds. The molecule has 1 unspecified atom stereocenters. The van der Waals surface area contributed by atoms with E-state index < -0.39 is 10.0 Å². The van der Waals surface area contributed by atoms with E-state index in [1.807, 2.05) is 36.4 Å². The molecule has 1 atom stereocenters. The van der Waals surface area contributed by atoms with E-state index >= 15 is 0 Å². The summed E-state index contributed by atoms with van der Waals surface area (Å²) in [5.74, 6) is 1.54. The van der Waals surface area contributed by atoms with Gasteiger partial charge in [-0.1, -0.05) is 29.5 Å². The number of fused-ring (bicyclic) bond motifs is 1. The van der Waals surface area contributed by atoms with E-state index in [0.717, 1.165) is 35.0 Å². The summed E-state index contributed by atoms with van der Waals surface area (Å²) < 4.78 is 32.2. The number of hydrogen-bond donors (Lipinski definition) is 0. The van der Waals surface area contributed by atoms with Crippen molar-refractivity contribution in [3.8, 4) is 5.75 Å². The molecule has 1 aliphatic rings. The molecule has 1 aromatic carbocycles. The lowest BCUT2D eigenvalue weighted by Gasteiger charge is -2.29. The lowest BCUT2D eigenvalue weighted by atomic mass is 9.99. The van der Waals surface area contributed by atoms with Crippen LogP contribution in [0.25, 0.3) is 17.1 Å². The van der Waals surface area contributed by atoms with Gasteiger partial charge in [0.25, 0.3) is 0 Å². The van der Waals surface area contributed by atoms with Crippen LogP contribution in [0.2, 0.25) is 0 Å². The number of piperidine rings is 1. The van der Waals surface area contributed by atoms with Gasteiger partial charge in [-0.2, -0.15) is 9.61 Å². The van der Waals surface area contributed by atoms with E-state index in [1.54, 1.807) is 11.6 Å². The Morgan fingerprint density at radius 1 is 1.21 bits per heavy atom. The van der Waals surface area contributed by atoms with Crippen LogP contribution in [0.3, 0.4) is 0 Å². The molecule has 3 heterocycles. The van der Waals surface area contributed by atoms with Crippen LogP contribution >= 0.6 is 11.3 Å². The smallest absolute Gasteiger partial charge is 0.234 e. The number of benzene rings is 1. The Labute approximate surface area is 167 Å². The minimum atomic E-state index is -3.20. The van der Waals surface area contributed by atoms with Crippen LogP contribution in [0.5, 0.6) is 5.75 Å². The van der Waals surface area contributed by atoms with Gasteiger partial charge in [0.05, 0.1) is 13.4 Å². The zero-order valence-electron chi connectivity index (χ0n) is 15.6. The summed E-state index contributed by atoms with van der Waals surface area (Å²) in [5, 5.41) is 13.9. The third-order valence-corrected chi connectivity index (χ3v) is 6.92. The Morgan fingerprint density at radius 2 is 2.00 bits per heavy atom. The summed E-state index contributed by atoms with van der Waals surface area (Å²) >= 11 is 1.45. The summed E-state index contributed by atoms with van der Waals surface area (Å²) in [5.41, 5.74) is 1.04. The van der Waals surface area contributed by atoms with Crippen LogP contribution < -0.4 is 4.74 Å². The summed E-state index contributed by atoms with van der Waals surface area (Å²) in [7, 11) is -1.56. The molecule has 0 bridgehead atoms. The third kappa shape index (κ3) is 3.94. The van der Waals surface area contributed by atoms with Crippen molar-refractivity contribution in [1.29, 1.82) is 0 Å². The first-order valence-electron chi connectivity index (χ1n) is 8.93. The van der Waals surface area contributed by atoms with Crippen molar-refractivity contribution in [2.45, 2.75) is 18.8 Å². The van der Waals surface area contributed by atoms with Gasteiger partial charge < -0.3 is 4.74 Å². The fourth-order valence-corrected chi connectivity index (χ4v) is 4.97. The Kier molecular flexibility index (Phi) is 5.17. The molecular formula is C18H21N5O3S2. The normalized spacial score (nSPS) is 18.9. The molecular weight excluding hydrogens is 398 g/mol. The van der Waals surface area contributed by atoms with Crippen molar-refractivity contribution >= 4 is 38.5 Å². The maximum atomic E-state index is 11.9. The molecule has 0 N–H and O–H groups in total. The molecule has 3 aromatic rings. The Balaban J connectivity index is 1.55. The van der Waals surface area contributed by atoms with Crippen molar-refractivity contribution in [3.63, 3.8) is 0 Å². The maximum Gasteiger partial charge on any atom is 0.234 e. The van der Waals surface area contributed by atoms with Crippen LogP contribution in [0.1, 0.15) is 35.2 Å². The van der Waals surface area contributed by atoms with Gasteiger partial charge in [-0.3, -0.25) is 0 Å². The molecule has 4 rings (SSSR count). The molecule has 148 valence electrons. The van der Waals surface area contributed by atoms with Gasteiger partial charge in [-0.25, -0.2) is 12.7 Å². The maximum absolute atomic E-state index is 11.9. The number of methoxy groups -OCH3 is 1. The minimum absolute atomic E-state index is 0.000933. The first kappa shape index (κ1) is 19.0. The van der Waals surface area contributed by atoms with Crippen LogP contribution in [0.15, 0.2) is 24.3 Å². The highest BCUT2D eigenvalue weighted by Gasteiger charge is 2.30. The molecule has 1 aliphatic heterocycles. The van der Waals surface area contributed by atoms with E-state index in [0.29, 0.717) is 18.1 Å². The van der Waals surface area contributed by atoms with Crippen molar-refractivity contribution < 1.29 is 13.2 Å². The van der Waals surface area contributed by atoms with Crippen molar-refractivity contribution in [1.82, 2.24) is 24.1 Å². The summed E-state index contributed by atoms with van der Waals surface area (Å²) in [6.45, 7) is 0.984. The highest BCUT2D eigenvalue weighted by molar-refractivity contribution is 7.88. The van der Waals surface area contributed by atoms with Gasteiger partial charge in [-0.15, -0.1) is 10.2 Å². The Hall–Kier alpha value is -2.30. The fraction of sp³-hybridized carbons (Fsp3) is 0.389. The summed E-state index contributed by atoms with van der Waals surface area (Å²) in [4.78, 5) is 0.709. The lowest BCUT2D eigenvalue weighted by molar-refractivity contribution is 0.309. The number of ether oxygens (including phenoxy) is 1. The second-order valence-corrected chi connectivity index (χ2v) is 9.73. The van der Waals surface area contributed by atoms with Crippen molar-refractivity contribution in [2.24, 2.45) is 0 Å². The highest BCUT2D eigenvalue weighted by atomic mass is 32.2. The van der Waals surface area contributed by atoms with Gasteiger partial charge >= 0.3 is 0 Å². The lowest BCUT2D eigenvalue weighted by Crippen LogP contribution is -2.38. The first-order valence-corrected chi connectivity index (χ1v) is 11.6. The molecule has 1 saturated heterocycles. The molecule has 0 aliphatic carbocycles. The van der Waals surface area contributed by atoms with Crippen LogP contribution in [-0.4, -0.2) is 59.0 Å². The molecule has 1 fully saturated rings. The monoisotopic (exact) mass is 419 g/mol. The molecule has 10 heteroatoms. The predicted octanol–water partition coefficient (Wildman–Crippen LogP) is 2.50. The Morgan fingerprint density at radius 3 is 2.71 bits per heavy atom. The van der Waals surface area contributed by atoms with E-state index in [-0.39, 0.29) is 5.92 Å². The number of rotatable bonds is 5. The summed E-state index contributed by atoms with van der Waals surface area (Å²) in [6, 6.07) is 7.77. The van der Waals surface area contributed by atoms with Crippen LogP contribution in [0, 0.1) is 0 Å². The SMILES string of the molecule is COc1ccc(C=Cc2nn3c(C4CCCN(S(C)(=O)=O)C4)nnc3s2)cc1. The summed E-state index contributed by atoms with van der Waals surface area (Å²) in [6.07, 6.45) is 6.85. The first-order chi connectivity index (χ1) is 13.4. The van der Waals surface area contributed by atoms with Crippen molar-refractivity contribution in [3.05, 3.63) is 40.7 Å². The average Bonchev–Trinajstić information content (AvgIpc) is 3.26. The molecule has 0 radical (unpaired) electrons. The second kappa shape index (κ2) is 7.61. The average molecular weight is 420 g/mol. The number of nitrogens with zero attached hydrogens (tertiary/aromatic N) is 5. The fourth-order valence-electron chi connectivity index (χ4n) is 3.31. The number of aromatic nitrogens is 4. The topological polar surface area (TPSA) is 89.7 Å². The largest absolute Gasteiger partial charge is 0.497 e. The third-order valence-electron chi connectivity index (χ3n) is 4.78. The van der Waals surface area contributed by atoms with Gasteiger partial charge in [0.1, 0.15) is 10.8 Å². The number of sulfonamides is 1. The van der Waals surface area contributed by atoms with E-state index in [2.05, 4.69) is 15.3 Å². The molecule has 28 heavy (non-hydrogen) atoms. The highest BCUT2D eigenvalue weighted by Crippen LogP contribution is 2.28. The van der Waals surface area contributed by atoms with Gasteiger partial charge in [0.2, 0.25) is 15.0 Å². The zero-order valence-corrected chi connectivity index (χ0v) is 17.3. The Bertz CT molecular complexity index is 1100. The van der Waals surface area contributed by atoms with E-state index in [4.69, 9.17) is 4.74 Å². The number of hydrogen-bond acceptors (Lipinski definition) is 7. The van der Waals surface area contributed by atoms with Crippen LogP contribution in [0.4, 0.5) is 0 Å². The van der Waals surface area contributed by atoms with Gasteiger partial charge in [-0.05, 0) is 36.6 Å². The van der Waals surface area contributed by atoms with Crippen molar-refractivity contribution in [2.75, 3.05) is 26.5 Å². The van der Waals surface area contributed by atoms with Gasteiger partial charge in [0.15, 0.2) is 5.82 Å². The van der Waals surface area contributed by atoms with Gasteiger partial charge in [0, 0.05) is 19.0 Å². The molecule has 8 nitrogen and oxygen atoms in total. The van der Waals surface area contributed by atoms with Crippen LogP contribution in [-0.2, 0) is 10.0 Å².